The molecule has 0 fully saturated rings. The largest absolute Gasteiger partial charge is 0.493 e. The van der Waals surface area contributed by atoms with E-state index in [0.29, 0.717) is 23.9 Å². The summed E-state index contributed by atoms with van der Waals surface area (Å²) in [6.07, 6.45) is 3.39. The zero-order valence-electron chi connectivity index (χ0n) is 20.2. The molecule has 0 bridgehead atoms. The van der Waals surface area contributed by atoms with Gasteiger partial charge < -0.3 is 14.5 Å². The van der Waals surface area contributed by atoms with Gasteiger partial charge in [0.25, 0.3) is 0 Å². The summed E-state index contributed by atoms with van der Waals surface area (Å²) in [6, 6.07) is 26.1. The highest BCUT2D eigenvalue weighted by Crippen LogP contribution is 2.38. The zero-order chi connectivity index (χ0) is 25.1. The number of benzene rings is 4. The van der Waals surface area contributed by atoms with Crippen molar-refractivity contribution < 1.29 is 13.9 Å². The molecule has 5 rings (SSSR count). The molecule has 5 heteroatoms. The first kappa shape index (κ1) is 23.7. The van der Waals surface area contributed by atoms with Gasteiger partial charge in [-0.05, 0) is 65.6 Å². The van der Waals surface area contributed by atoms with Crippen LogP contribution in [0, 0.1) is 0 Å². The molecule has 0 aliphatic carbocycles. The Kier molecular flexibility index (Phi) is 6.79. The number of amides is 1. The van der Waals surface area contributed by atoms with Gasteiger partial charge in [0.2, 0.25) is 5.91 Å². The molecule has 1 amide bonds. The first-order valence-corrected chi connectivity index (χ1v) is 12.3. The van der Waals surface area contributed by atoms with Crippen molar-refractivity contribution in [2.75, 3.05) is 6.61 Å². The number of carbonyl (C=O) groups excluding carboxylic acids is 1. The summed E-state index contributed by atoms with van der Waals surface area (Å²) in [5.41, 5.74) is 5.46. The van der Waals surface area contributed by atoms with Crippen LogP contribution in [0.15, 0.2) is 95.6 Å². The monoisotopic (exact) mass is 495 g/mol. The van der Waals surface area contributed by atoms with Gasteiger partial charge in [-0.2, -0.15) is 0 Å². The molecule has 1 heterocycles. The molecule has 36 heavy (non-hydrogen) atoms. The summed E-state index contributed by atoms with van der Waals surface area (Å²) in [4.78, 5) is 12.7. The minimum absolute atomic E-state index is 0.174. The Morgan fingerprint density at radius 1 is 1.00 bits per heavy atom. The maximum Gasteiger partial charge on any atom is 0.244 e. The van der Waals surface area contributed by atoms with E-state index in [1.807, 2.05) is 62.4 Å². The van der Waals surface area contributed by atoms with Gasteiger partial charge in [-0.1, -0.05) is 60.1 Å². The van der Waals surface area contributed by atoms with Gasteiger partial charge >= 0.3 is 0 Å². The number of ether oxygens (including phenoxy) is 1. The standard InChI is InChI=1S/C31H26ClNO3/c1-3-35-29-17-30-27(28(19-36-30)24-11-10-22-6-4-5-7-23(22)15-24)16-26(29)20(2)14-31(34)33-18-21-8-12-25(32)13-9-21/h4-17,19H,3,18H2,1-2H3,(H,33,34)/b20-14+. The van der Waals surface area contributed by atoms with Crippen LogP contribution < -0.4 is 10.1 Å². The molecular formula is C31H26ClNO3. The first-order chi connectivity index (χ1) is 17.5. The SMILES string of the molecule is CCOc1cc2occ(-c3ccc4ccccc4c3)c2cc1/C(C)=C/C(=O)NCc1ccc(Cl)cc1. The molecule has 4 aromatic carbocycles. The predicted molar refractivity (Wildman–Crippen MR) is 147 cm³/mol. The molecule has 4 nitrogen and oxygen atoms in total. The summed E-state index contributed by atoms with van der Waals surface area (Å²) in [6.45, 7) is 4.79. The molecule has 1 N–H and O–H groups in total. The number of rotatable bonds is 7. The normalized spacial score (nSPS) is 11.7. The lowest BCUT2D eigenvalue weighted by atomic mass is 9.97. The van der Waals surface area contributed by atoms with E-state index >= 15 is 0 Å². The smallest absolute Gasteiger partial charge is 0.244 e. The Bertz CT molecular complexity index is 1580. The number of hydrogen-bond acceptors (Lipinski definition) is 3. The minimum Gasteiger partial charge on any atom is -0.493 e. The Balaban J connectivity index is 1.48. The lowest BCUT2D eigenvalue weighted by Gasteiger charge is -2.12. The van der Waals surface area contributed by atoms with E-state index in [9.17, 15) is 4.79 Å². The molecule has 0 atom stereocenters. The van der Waals surface area contributed by atoms with Crippen LogP contribution in [0.25, 0.3) is 38.4 Å². The third-order valence-electron chi connectivity index (χ3n) is 6.19. The summed E-state index contributed by atoms with van der Waals surface area (Å²) in [5, 5.41) is 6.94. The maximum absolute atomic E-state index is 12.7. The van der Waals surface area contributed by atoms with Gasteiger partial charge in [-0.15, -0.1) is 0 Å². The molecule has 5 aromatic rings. The van der Waals surface area contributed by atoms with E-state index in [2.05, 4.69) is 35.6 Å². The van der Waals surface area contributed by atoms with Crippen LogP contribution in [0.5, 0.6) is 5.75 Å². The minimum atomic E-state index is -0.174. The number of allylic oxidation sites excluding steroid dienone is 1. The molecule has 0 unspecified atom stereocenters. The number of furan rings is 1. The lowest BCUT2D eigenvalue weighted by molar-refractivity contribution is -0.116. The van der Waals surface area contributed by atoms with Gasteiger partial charge in [0.15, 0.2) is 0 Å². The third kappa shape index (κ3) is 5.00. The van der Waals surface area contributed by atoms with Crippen molar-refractivity contribution in [3.05, 3.63) is 107 Å². The van der Waals surface area contributed by atoms with Crippen molar-refractivity contribution in [1.29, 1.82) is 0 Å². The Morgan fingerprint density at radius 2 is 1.78 bits per heavy atom. The van der Waals surface area contributed by atoms with Crippen LogP contribution >= 0.6 is 11.6 Å². The zero-order valence-corrected chi connectivity index (χ0v) is 20.9. The highest BCUT2D eigenvalue weighted by Gasteiger charge is 2.15. The van der Waals surface area contributed by atoms with E-state index in [1.54, 1.807) is 12.3 Å². The summed E-state index contributed by atoms with van der Waals surface area (Å²) in [5.74, 6) is 0.510. The summed E-state index contributed by atoms with van der Waals surface area (Å²) < 4.78 is 11.8. The van der Waals surface area contributed by atoms with E-state index in [4.69, 9.17) is 20.8 Å². The number of nitrogens with one attached hydrogen (secondary N) is 1. The predicted octanol–water partition coefficient (Wildman–Crippen LogP) is 8.02. The number of hydrogen-bond donors (Lipinski definition) is 1. The fourth-order valence-electron chi connectivity index (χ4n) is 4.34. The highest BCUT2D eigenvalue weighted by atomic mass is 35.5. The number of halogens is 1. The molecule has 0 radical (unpaired) electrons. The second-order valence-electron chi connectivity index (χ2n) is 8.66. The topological polar surface area (TPSA) is 51.5 Å². The van der Waals surface area contributed by atoms with Crippen LogP contribution in [0.2, 0.25) is 5.02 Å². The van der Waals surface area contributed by atoms with Crippen molar-refractivity contribution in [3.8, 4) is 16.9 Å². The Hall–Kier alpha value is -4.02. The average Bonchev–Trinajstić information content (AvgIpc) is 3.30. The molecular weight excluding hydrogens is 470 g/mol. The summed E-state index contributed by atoms with van der Waals surface area (Å²) >= 11 is 5.95. The molecule has 0 saturated carbocycles. The maximum atomic E-state index is 12.7. The molecule has 0 spiro atoms. The number of fused-ring (bicyclic) bond motifs is 2. The van der Waals surface area contributed by atoms with Crippen molar-refractivity contribution in [2.45, 2.75) is 20.4 Å². The fourth-order valence-corrected chi connectivity index (χ4v) is 4.46. The van der Waals surface area contributed by atoms with Gasteiger partial charge in [-0.25, -0.2) is 0 Å². The molecule has 1 aromatic heterocycles. The third-order valence-corrected chi connectivity index (χ3v) is 6.44. The molecule has 0 aliphatic rings. The van der Waals surface area contributed by atoms with Crippen molar-refractivity contribution in [2.24, 2.45) is 0 Å². The van der Waals surface area contributed by atoms with E-state index < -0.39 is 0 Å². The van der Waals surface area contributed by atoms with E-state index in [1.165, 1.54) is 10.8 Å². The van der Waals surface area contributed by atoms with Crippen molar-refractivity contribution >= 4 is 44.8 Å². The fraction of sp³-hybridized carbons (Fsp3) is 0.129. The Morgan fingerprint density at radius 3 is 2.56 bits per heavy atom. The van der Waals surface area contributed by atoms with E-state index in [0.717, 1.165) is 38.8 Å². The van der Waals surface area contributed by atoms with Crippen molar-refractivity contribution in [3.63, 3.8) is 0 Å². The lowest BCUT2D eigenvalue weighted by Crippen LogP contribution is -2.20. The van der Waals surface area contributed by atoms with Crippen LogP contribution in [-0.4, -0.2) is 12.5 Å². The highest BCUT2D eigenvalue weighted by molar-refractivity contribution is 6.30. The van der Waals surface area contributed by atoms with Crippen LogP contribution in [0.1, 0.15) is 25.0 Å². The van der Waals surface area contributed by atoms with E-state index in [-0.39, 0.29) is 5.91 Å². The second kappa shape index (κ2) is 10.3. The van der Waals surface area contributed by atoms with Gasteiger partial charge in [0, 0.05) is 40.2 Å². The number of carbonyl (C=O) groups is 1. The molecule has 180 valence electrons. The first-order valence-electron chi connectivity index (χ1n) is 11.9. The second-order valence-corrected chi connectivity index (χ2v) is 9.10. The quantitative estimate of drug-likeness (QED) is 0.232. The summed E-state index contributed by atoms with van der Waals surface area (Å²) in [7, 11) is 0. The molecule has 0 saturated heterocycles. The van der Waals surface area contributed by atoms with Gasteiger partial charge in [-0.3, -0.25) is 4.79 Å². The van der Waals surface area contributed by atoms with Crippen LogP contribution in [0.4, 0.5) is 0 Å². The van der Waals surface area contributed by atoms with Gasteiger partial charge in [0.05, 0.1) is 12.9 Å². The molecule has 0 aliphatic heterocycles. The average molecular weight is 496 g/mol. The van der Waals surface area contributed by atoms with Crippen molar-refractivity contribution in [1.82, 2.24) is 5.32 Å². The van der Waals surface area contributed by atoms with Crippen LogP contribution in [-0.2, 0) is 11.3 Å². The van der Waals surface area contributed by atoms with Crippen LogP contribution in [0.3, 0.4) is 0 Å². The van der Waals surface area contributed by atoms with Gasteiger partial charge in [0.1, 0.15) is 11.3 Å². The Labute approximate surface area is 215 Å².